The van der Waals surface area contributed by atoms with Crippen LogP contribution in [0.5, 0.6) is 0 Å². The Balaban J connectivity index is 1.58. The van der Waals surface area contributed by atoms with E-state index in [-0.39, 0.29) is 5.91 Å². The molecule has 1 fully saturated rings. The van der Waals surface area contributed by atoms with Gasteiger partial charge in [0, 0.05) is 24.3 Å². The molecule has 0 bridgehead atoms. The smallest absolute Gasteiger partial charge is 0.239 e. The Hall–Kier alpha value is -3.04. The van der Waals surface area contributed by atoms with Gasteiger partial charge in [-0.2, -0.15) is 5.10 Å². The number of furan rings is 1. The number of nitrogens with zero attached hydrogens (tertiary/aromatic N) is 6. The number of likely N-dealkylation sites (tertiary alicyclic amines) is 1. The number of carbonyl (C=O) groups is 1. The van der Waals surface area contributed by atoms with Crippen LogP contribution in [0.1, 0.15) is 30.0 Å². The first-order chi connectivity index (χ1) is 15.3. The summed E-state index contributed by atoms with van der Waals surface area (Å²) in [7, 11) is 4.18. The van der Waals surface area contributed by atoms with Crippen molar-refractivity contribution in [1.29, 1.82) is 0 Å². The summed E-state index contributed by atoms with van der Waals surface area (Å²) in [4.78, 5) is 26.5. The Morgan fingerprint density at radius 1 is 1.22 bits per heavy atom. The highest BCUT2D eigenvalue weighted by atomic mass is 16.3. The molecule has 9 heteroatoms. The largest absolute Gasteiger partial charge is 0.458 e. The molecule has 9 nitrogen and oxygen atoms in total. The third kappa shape index (κ3) is 5.05. The van der Waals surface area contributed by atoms with E-state index in [1.54, 1.807) is 10.7 Å². The Labute approximate surface area is 188 Å². The number of carbonyl (C=O) groups excluding carboxylic acids is 1. The van der Waals surface area contributed by atoms with Gasteiger partial charge < -0.3 is 14.6 Å². The summed E-state index contributed by atoms with van der Waals surface area (Å²) < 4.78 is 7.48. The Morgan fingerprint density at radius 3 is 2.69 bits per heavy atom. The van der Waals surface area contributed by atoms with Crippen LogP contribution in [-0.2, 0) is 4.79 Å². The van der Waals surface area contributed by atoms with E-state index in [4.69, 9.17) is 4.42 Å². The predicted octanol–water partition coefficient (Wildman–Crippen LogP) is 2.81. The van der Waals surface area contributed by atoms with E-state index in [2.05, 4.69) is 44.3 Å². The zero-order chi connectivity index (χ0) is 22.8. The van der Waals surface area contributed by atoms with Crippen LogP contribution in [0.3, 0.4) is 0 Å². The lowest BCUT2D eigenvalue weighted by Crippen LogP contribution is -2.47. The molecule has 0 saturated carbocycles. The maximum atomic E-state index is 12.9. The van der Waals surface area contributed by atoms with Crippen molar-refractivity contribution in [2.24, 2.45) is 0 Å². The second-order valence-electron chi connectivity index (χ2n) is 8.73. The number of amides is 1. The SMILES string of the molecule is Cc1cc(C)n(-c2cc(NC(=O)CN3CCC[C@@H](N(C)C)C3)nc(-c3ccc(C)o3)n2)n1. The van der Waals surface area contributed by atoms with Crippen molar-refractivity contribution in [3.63, 3.8) is 0 Å². The summed E-state index contributed by atoms with van der Waals surface area (Å²) in [5.41, 5.74) is 1.84. The van der Waals surface area contributed by atoms with Crippen molar-refractivity contribution in [1.82, 2.24) is 29.5 Å². The van der Waals surface area contributed by atoms with Crippen LogP contribution in [0, 0.1) is 20.8 Å². The first kappa shape index (κ1) is 22.2. The van der Waals surface area contributed by atoms with E-state index >= 15 is 0 Å². The van der Waals surface area contributed by atoms with Crippen LogP contribution in [0.2, 0.25) is 0 Å². The quantitative estimate of drug-likeness (QED) is 0.634. The van der Waals surface area contributed by atoms with E-state index in [1.165, 1.54) is 0 Å². The van der Waals surface area contributed by atoms with Crippen LogP contribution in [0.15, 0.2) is 28.7 Å². The molecule has 0 aromatic carbocycles. The summed E-state index contributed by atoms with van der Waals surface area (Å²) in [6, 6.07) is 7.90. The lowest BCUT2D eigenvalue weighted by atomic mass is 10.1. The minimum Gasteiger partial charge on any atom is -0.458 e. The van der Waals surface area contributed by atoms with Crippen LogP contribution in [-0.4, -0.2) is 75.2 Å². The number of hydrogen-bond donors (Lipinski definition) is 1. The highest BCUT2D eigenvalue weighted by Gasteiger charge is 2.23. The number of aryl methyl sites for hydroxylation is 3. The zero-order valence-electron chi connectivity index (χ0n) is 19.4. The van der Waals surface area contributed by atoms with Crippen molar-refractivity contribution < 1.29 is 9.21 Å². The predicted molar refractivity (Wildman–Crippen MR) is 123 cm³/mol. The Kier molecular flexibility index (Phi) is 6.38. The summed E-state index contributed by atoms with van der Waals surface area (Å²) >= 11 is 0. The molecule has 1 aliphatic rings. The highest BCUT2D eigenvalue weighted by molar-refractivity contribution is 5.91. The van der Waals surface area contributed by atoms with Gasteiger partial charge in [0.15, 0.2) is 17.4 Å². The first-order valence-electron chi connectivity index (χ1n) is 11.0. The van der Waals surface area contributed by atoms with Crippen LogP contribution in [0.25, 0.3) is 17.4 Å². The molecule has 3 aromatic heterocycles. The molecule has 1 aliphatic heterocycles. The second-order valence-corrected chi connectivity index (χ2v) is 8.73. The average molecular weight is 438 g/mol. The van der Waals surface area contributed by atoms with Gasteiger partial charge in [-0.3, -0.25) is 9.69 Å². The van der Waals surface area contributed by atoms with Crippen molar-refractivity contribution in [3.8, 4) is 17.4 Å². The molecule has 3 aromatic rings. The van der Waals surface area contributed by atoms with E-state index in [1.807, 2.05) is 39.0 Å². The minimum atomic E-state index is -0.0935. The summed E-state index contributed by atoms with van der Waals surface area (Å²) in [5.74, 6) is 2.64. The molecule has 0 spiro atoms. The maximum absolute atomic E-state index is 12.9. The summed E-state index contributed by atoms with van der Waals surface area (Å²) in [6.07, 6.45) is 2.25. The topological polar surface area (TPSA) is 92.3 Å². The number of nitrogens with one attached hydrogen (secondary N) is 1. The molecule has 1 amide bonds. The second kappa shape index (κ2) is 9.22. The molecular formula is C23H31N7O2. The molecule has 0 unspecified atom stereocenters. The molecule has 0 radical (unpaired) electrons. The van der Waals surface area contributed by atoms with Crippen LogP contribution < -0.4 is 5.32 Å². The molecular weight excluding hydrogens is 406 g/mol. The fourth-order valence-corrected chi connectivity index (χ4v) is 4.11. The van der Waals surface area contributed by atoms with Gasteiger partial charge in [-0.25, -0.2) is 14.6 Å². The third-order valence-corrected chi connectivity index (χ3v) is 5.75. The van der Waals surface area contributed by atoms with E-state index in [0.717, 1.165) is 43.1 Å². The monoisotopic (exact) mass is 437 g/mol. The number of hydrogen-bond acceptors (Lipinski definition) is 7. The fourth-order valence-electron chi connectivity index (χ4n) is 4.11. The van der Waals surface area contributed by atoms with E-state index < -0.39 is 0 Å². The molecule has 1 atom stereocenters. The minimum absolute atomic E-state index is 0.0935. The normalized spacial score (nSPS) is 17.1. The van der Waals surface area contributed by atoms with Gasteiger partial charge in [0.1, 0.15) is 11.6 Å². The number of rotatable bonds is 6. The molecule has 0 aliphatic carbocycles. The maximum Gasteiger partial charge on any atom is 0.239 e. The lowest BCUT2D eigenvalue weighted by Gasteiger charge is -2.35. The van der Waals surface area contributed by atoms with E-state index in [0.29, 0.717) is 35.8 Å². The Morgan fingerprint density at radius 2 is 2.03 bits per heavy atom. The number of piperidine rings is 1. The van der Waals surface area contributed by atoms with Gasteiger partial charge in [-0.15, -0.1) is 0 Å². The zero-order valence-corrected chi connectivity index (χ0v) is 19.4. The molecule has 4 heterocycles. The summed E-state index contributed by atoms with van der Waals surface area (Å²) in [6.45, 7) is 7.92. The van der Waals surface area contributed by atoms with Gasteiger partial charge in [0.25, 0.3) is 0 Å². The molecule has 170 valence electrons. The van der Waals surface area contributed by atoms with Gasteiger partial charge in [0.05, 0.1) is 12.2 Å². The lowest BCUT2D eigenvalue weighted by molar-refractivity contribution is -0.117. The Bertz CT molecular complexity index is 1100. The van der Waals surface area contributed by atoms with Gasteiger partial charge in [-0.05, 0) is 72.5 Å². The molecule has 4 rings (SSSR count). The molecule has 1 N–H and O–H groups in total. The van der Waals surface area contributed by atoms with Crippen molar-refractivity contribution in [2.75, 3.05) is 39.0 Å². The molecule has 32 heavy (non-hydrogen) atoms. The average Bonchev–Trinajstić information content (AvgIpc) is 3.32. The van der Waals surface area contributed by atoms with E-state index in [9.17, 15) is 4.79 Å². The number of anilines is 1. The van der Waals surface area contributed by atoms with Gasteiger partial charge in [-0.1, -0.05) is 0 Å². The standard InChI is InChI=1S/C23H31N7O2/c1-15-11-16(2)30(27-15)21-12-20(25-23(26-21)19-9-8-17(3)32-19)24-22(31)14-29-10-6-7-18(13-29)28(4)5/h8-9,11-12,18H,6-7,10,13-14H2,1-5H3,(H,24,25,26,31)/t18-/m1/s1. The fraction of sp³-hybridized carbons (Fsp3) is 0.478. The van der Waals surface area contributed by atoms with Gasteiger partial charge >= 0.3 is 0 Å². The van der Waals surface area contributed by atoms with Crippen molar-refractivity contribution in [3.05, 3.63) is 41.4 Å². The van der Waals surface area contributed by atoms with Crippen molar-refractivity contribution in [2.45, 2.75) is 39.7 Å². The first-order valence-corrected chi connectivity index (χ1v) is 11.0. The van der Waals surface area contributed by atoms with Crippen LogP contribution >= 0.6 is 0 Å². The van der Waals surface area contributed by atoms with Crippen LogP contribution in [0.4, 0.5) is 5.82 Å². The molecule has 1 saturated heterocycles. The van der Waals surface area contributed by atoms with Gasteiger partial charge in [0.2, 0.25) is 5.91 Å². The van der Waals surface area contributed by atoms with Crippen molar-refractivity contribution >= 4 is 11.7 Å². The highest BCUT2D eigenvalue weighted by Crippen LogP contribution is 2.23. The third-order valence-electron chi connectivity index (χ3n) is 5.75. The number of likely N-dealkylation sites (N-methyl/N-ethyl adjacent to an activating group) is 1. The summed E-state index contributed by atoms with van der Waals surface area (Å²) in [5, 5.41) is 7.49. The number of aromatic nitrogens is 4.